The molecule has 2 rings (SSSR count). The Kier molecular flexibility index (Phi) is 3.23. The van der Waals surface area contributed by atoms with Gasteiger partial charge in [0, 0.05) is 5.69 Å². The van der Waals surface area contributed by atoms with Crippen molar-refractivity contribution in [3.05, 3.63) is 29.3 Å². The lowest BCUT2D eigenvalue weighted by Crippen LogP contribution is -1.96. The summed E-state index contributed by atoms with van der Waals surface area (Å²) in [5.41, 5.74) is 4.57. The summed E-state index contributed by atoms with van der Waals surface area (Å²) in [6.07, 6.45) is 1.59. The molecule has 0 saturated carbocycles. The van der Waals surface area contributed by atoms with Gasteiger partial charge in [0.1, 0.15) is 6.33 Å². The van der Waals surface area contributed by atoms with E-state index in [1.165, 1.54) is 5.56 Å². The van der Waals surface area contributed by atoms with Crippen molar-refractivity contribution in [2.45, 2.75) is 34.6 Å². The van der Waals surface area contributed by atoms with Crippen LogP contribution in [0.15, 0.2) is 12.4 Å². The molecule has 0 spiro atoms. The van der Waals surface area contributed by atoms with Crippen LogP contribution in [0.3, 0.4) is 0 Å². The quantitative estimate of drug-likeness (QED) is 0.641. The minimum Gasteiger partial charge on any atom is -0.238 e. The lowest BCUT2D eigenvalue weighted by Gasteiger charge is -1.98. The molecule has 2 aromatic rings. The predicted octanol–water partition coefficient (Wildman–Crippen LogP) is 2.68. The minimum atomic E-state index is 1.04. The minimum absolute atomic E-state index is 1.04. The summed E-state index contributed by atoms with van der Waals surface area (Å²) in [5.74, 6) is 0. The molecule has 0 aliphatic carbocycles. The van der Waals surface area contributed by atoms with Crippen molar-refractivity contribution in [1.29, 1.82) is 0 Å². The number of nitrogens with zero attached hydrogens (tertiary/aromatic N) is 3. The standard InChI is InChI=1S/C9H11N3.C2H6/c1-6-4-7(2)12-9(6)8(3)10-5-11-12;1-2/h4-5H,1-3H3;1-2H3. The van der Waals surface area contributed by atoms with Gasteiger partial charge in [-0.05, 0) is 32.4 Å². The molecular formula is C11H17N3. The molecule has 0 saturated heterocycles. The van der Waals surface area contributed by atoms with E-state index in [0.29, 0.717) is 0 Å². The number of rotatable bonds is 0. The van der Waals surface area contributed by atoms with E-state index in [0.717, 1.165) is 16.9 Å². The largest absolute Gasteiger partial charge is 0.238 e. The average Bonchev–Trinajstić information content (AvgIpc) is 2.47. The highest BCUT2D eigenvalue weighted by Crippen LogP contribution is 2.15. The summed E-state index contributed by atoms with van der Waals surface area (Å²) < 4.78 is 1.93. The molecule has 2 heterocycles. The second-order valence-electron chi connectivity index (χ2n) is 3.07. The summed E-state index contributed by atoms with van der Waals surface area (Å²) in [4.78, 5) is 4.15. The fourth-order valence-corrected chi connectivity index (χ4v) is 1.60. The van der Waals surface area contributed by atoms with E-state index in [1.54, 1.807) is 6.33 Å². The van der Waals surface area contributed by atoms with Gasteiger partial charge in [0.15, 0.2) is 0 Å². The van der Waals surface area contributed by atoms with Crippen LogP contribution in [0.25, 0.3) is 5.52 Å². The fraction of sp³-hybridized carbons (Fsp3) is 0.455. The molecule has 2 aromatic heterocycles. The number of hydrogen-bond acceptors (Lipinski definition) is 2. The fourth-order valence-electron chi connectivity index (χ4n) is 1.60. The van der Waals surface area contributed by atoms with Crippen molar-refractivity contribution in [3.63, 3.8) is 0 Å². The molecule has 0 aromatic carbocycles. The highest BCUT2D eigenvalue weighted by molar-refractivity contribution is 5.59. The van der Waals surface area contributed by atoms with Crippen LogP contribution in [0.1, 0.15) is 30.8 Å². The maximum atomic E-state index is 4.17. The van der Waals surface area contributed by atoms with Crippen LogP contribution in [0, 0.1) is 20.8 Å². The van der Waals surface area contributed by atoms with Crippen LogP contribution in [0.5, 0.6) is 0 Å². The SMILES string of the molecule is CC.Cc1cc(C)n2ncnc(C)c12. The summed E-state index contributed by atoms with van der Waals surface area (Å²) in [6, 6.07) is 2.12. The molecule has 14 heavy (non-hydrogen) atoms. The Morgan fingerprint density at radius 1 is 1.14 bits per heavy atom. The first-order valence-corrected chi connectivity index (χ1v) is 4.96. The lowest BCUT2D eigenvalue weighted by atomic mass is 10.3. The predicted molar refractivity (Wildman–Crippen MR) is 58.5 cm³/mol. The molecule has 3 heteroatoms. The van der Waals surface area contributed by atoms with Gasteiger partial charge in [-0.15, -0.1) is 0 Å². The van der Waals surface area contributed by atoms with Crippen molar-refractivity contribution in [3.8, 4) is 0 Å². The molecule has 0 atom stereocenters. The van der Waals surface area contributed by atoms with Crippen molar-refractivity contribution >= 4 is 5.52 Å². The number of aryl methyl sites for hydroxylation is 3. The van der Waals surface area contributed by atoms with Gasteiger partial charge < -0.3 is 0 Å². The zero-order valence-corrected chi connectivity index (χ0v) is 9.50. The molecule has 0 fully saturated rings. The van der Waals surface area contributed by atoms with Gasteiger partial charge in [0.05, 0.1) is 11.2 Å². The zero-order chi connectivity index (χ0) is 10.7. The highest BCUT2D eigenvalue weighted by atomic mass is 15.2. The third-order valence-corrected chi connectivity index (χ3v) is 2.11. The van der Waals surface area contributed by atoms with Gasteiger partial charge in [-0.1, -0.05) is 13.8 Å². The molecule has 0 aliphatic rings. The zero-order valence-electron chi connectivity index (χ0n) is 9.50. The van der Waals surface area contributed by atoms with Crippen LogP contribution in [0.4, 0.5) is 0 Å². The van der Waals surface area contributed by atoms with Crippen LogP contribution in [-0.4, -0.2) is 14.6 Å². The second kappa shape index (κ2) is 4.22. The van der Waals surface area contributed by atoms with E-state index in [9.17, 15) is 0 Å². The van der Waals surface area contributed by atoms with E-state index in [4.69, 9.17) is 0 Å². The first-order valence-electron chi connectivity index (χ1n) is 4.96. The van der Waals surface area contributed by atoms with E-state index in [1.807, 2.05) is 32.2 Å². The highest BCUT2D eigenvalue weighted by Gasteiger charge is 2.05. The Morgan fingerprint density at radius 2 is 1.79 bits per heavy atom. The molecule has 0 aliphatic heterocycles. The Labute approximate surface area is 84.8 Å². The maximum absolute atomic E-state index is 4.17. The van der Waals surface area contributed by atoms with Crippen molar-refractivity contribution in [2.75, 3.05) is 0 Å². The summed E-state index contributed by atoms with van der Waals surface area (Å²) >= 11 is 0. The first kappa shape index (κ1) is 10.7. The van der Waals surface area contributed by atoms with E-state index < -0.39 is 0 Å². The van der Waals surface area contributed by atoms with Crippen molar-refractivity contribution in [2.24, 2.45) is 0 Å². The van der Waals surface area contributed by atoms with Crippen molar-refractivity contribution in [1.82, 2.24) is 14.6 Å². The van der Waals surface area contributed by atoms with Gasteiger partial charge in [0.2, 0.25) is 0 Å². The smallest absolute Gasteiger partial charge is 0.136 e. The lowest BCUT2D eigenvalue weighted by molar-refractivity contribution is 0.858. The van der Waals surface area contributed by atoms with Gasteiger partial charge in [-0.3, -0.25) is 0 Å². The number of aromatic nitrogens is 3. The summed E-state index contributed by atoms with van der Waals surface area (Å²) in [7, 11) is 0. The van der Waals surface area contributed by atoms with E-state index in [-0.39, 0.29) is 0 Å². The van der Waals surface area contributed by atoms with Gasteiger partial charge >= 0.3 is 0 Å². The molecule has 0 amide bonds. The van der Waals surface area contributed by atoms with Gasteiger partial charge in [-0.2, -0.15) is 5.10 Å². The topological polar surface area (TPSA) is 30.2 Å². The molecule has 0 unspecified atom stereocenters. The molecule has 3 nitrogen and oxygen atoms in total. The number of fused-ring (bicyclic) bond motifs is 1. The third-order valence-electron chi connectivity index (χ3n) is 2.11. The second-order valence-corrected chi connectivity index (χ2v) is 3.07. The third kappa shape index (κ3) is 1.62. The van der Waals surface area contributed by atoms with E-state index in [2.05, 4.69) is 23.1 Å². The monoisotopic (exact) mass is 191 g/mol. The Bertz CT molecular complexity index is 429. The molecule has 76 valence electrons. The van der Waals surface area contributed by atoms with Gasteiger partial charge in [-0.25, -0.2) is 9.50 Å². The van der Waals surface area contributed by atoms with Crippen LogP contribution >= 0.6 is 0 Å². The number of hydrogen-bond donors (Lipinski definition) is 0. The molecule has 0 N–H and O–H groups in total. The van der Waals surface area contributed by atoms with Crippen LogP contribution in [0.2, 0.25) is 0 Å². The summed E-state index contributed by atoms with van der Waals surface area (Å²) in [5, 5.41) is 4.17. The van der Waals surface area contributed by atoms with Crippen LogP contribution in [-0.2, 0) is 0 Å². The maximum Gasteiger partial charge on any atom is 0.136 e. The first-order chi connectivity index (χ1) is 6.70. The van der Waals surface area contributed by atoms with Gasteiger partial charge in [0.25, 0.3) is 0 Å². The normalized spacial score (nSPS) is 9.79. The Morgan fingerprint density at radius 3 is 2.36 bits per heavy atom. The Balaban J connectivity index is 0.000000461. The molecular weight excluding hydrogens is 174 g/mol. The van der Waals surface area contributed by atoms with Crippen LogP contribution < -0.4 is 0 Å². The summed E-state index contributed by atoms with van der Waals surface area (Å²) in [6.45, 7) is 10.1. The molecule has 0 bridgehead atoms. The van der Waals surface area contributed by atoms with Crippen molar-refractivity contribution < 1.29 is 0 Å². The Hall–Kier alpha value is -1.38. The average molecular weight is 191 g/mol. The molecule has 0 radical (unpaired) electrons. The van der Waals surface area contributed by atoms with E-state index >= 15 is 0 Å².